The van der Waals surface area contributed by atoms with Gasteiger partial charge in [0.25, 0.3) is 0 Å². The van der Waals surface area contributed by atoms with Crippen molar-refractivity contribution in [1.29, 1.82) is 0 Å². The number of nitrogens with zero attached hydrogens (tertiary/aromatic N) is 1. The normalized spacial score (nSPS) is 19.2. The van der Waals surface area contributed by atoms with Crippen molar-refractivity contribution in [3.8, 4) is 0 Å². The summed E-state index contributed by atoms with van der Waals surface area (Å²) >= 11 is 4.14. The number of carbonyl (C=O) groups is 3. The fourth-order valence-corrected chi connectivity index (χ4v) is 2.32. The van der Waals surface area contributed by atoms with Crippen LogP contribution >= 0.6 is 24.0 Å². The molecule has 0 aromatic carbocycles. The molecule has 0 aliphatic carbocycles. The van der Waals surface area contributed by atoms with Gasteiger partial charge in [-0.25, -0.2) is 10.4 Å². The van der Waals surface area contributed by atoms with Gasteiger partial charge in [0, 0.05) is 25.5 Å². The van der Waals surface area contributed by atoms with Crippen molar-refractivity contribution >= 4 is 46.0 Å². The van der Waals surface area contributed by atoms with Crippen LogP contribution in [0.3, 0.4) is 0 Å². The Labute approximate surface area is 108 Å². The third-order valence-electron chi connectivity index (χ3n) is 2.10. The molecule has 1 saturated heterocycles. The molecule has 17 heavy (non-hydrogen) atoms. The zero-order valence-electron chi connectivity index (χ0n) is 9.21. The number of thiol groups is 2. The lowest BCUT2D eigenvalue weighted by molar-refractivity contribution is -0.142. The van der Waals surface area contributed by atoms with Gasteiger partial charge in [-0.3, -0.25) is 14.4 Å². The van der Waals surface area contributed by atoms with Crippen LogP contribution in [-0.2, 0) is 14.4 Å². The predicted octanol–water partition coefficient (Wildman–Crippen LogP) is -0.362. The van der Waals surface area contributed by atoms with Gasteiger partial charge in [0.15, 0.2) is 5.12 Å². The van der Waals surface area contributed by atoms with E-state index >= 15 is 0 Å². The molecule has 1 fully saturated rings. The number of hydrogen-bond donors (Lipinski definition) is 4. The number of aliphatic hydroxyl groups is 1. The van der Waals surface area contributed by atoms with Gasteiger partial charge in [-0.1, -0.05) is 0 Å². The van der Waals surface area contributed by atoms with Gasteiger partial charge in [-0.05, 0) is 0 Å². The van der Waals surface area contributed by atoms with Gasteiger partial charge in [0.1, 0.15) is 0 Å². The predicted molar refractivity (Wildman–Crippen MR) is 69.2 cm³/mol. The Balaban J connectivity index is 2.73. The van der Waals surface area contributed by atoms with Crippen LogP contribution in [0.15, 0.2) is 0 Å². The summed E-state index contributed by atoms with van der Waals surface area (Å²) in [5, 5.41) is 10.1. The van der Waals surface area contributed by atoms with E-state index in [0.29, 0.717) is 0 Å². The molecule has 0 unspecified atom stereocenters. The maximum Gasteiger partial charge on any atom is 0.244 e. The molecule has 1 heterocycles. The van der Waals surface area contributed by atoms with E-state index in [0.717, 1.165) is 5.01 Å². The molecular weight excluding hydrogens is 264 g/mol. The first-order chi connectivity index (χ1) is 7.95. The highest BCUT2D eigenvalue weighted by atomic mass is 32.1. The Morgan fingerprint density at radius 3 is 2.47 bits per heavy atom. The Morgan fingerprint density at radius 2 is 2.06 bits per heavy atom. The smallest absolute Gasteiger partial charge is 0.244 e. The van der Waals surface area contributed by atoms with Gasteiger partial charge in [-0.15, -0.1) is 11.4 Å². The summed E-state index contributed by atoms with van der Waals surface area (Å²) in [5.41, 5.74) is 2.58. The van der Waals surface area contributed by atoms with Crippen LogP contribution in [0.4, 0.5) is 0 Å². The van der Waals surface area contributed by atoms with Crippen LogP contribution in [0.1, 0.15) is 19.8 Å². The van der Waals surface area contributed by atoms with Gasteiger partial charge < -0.3 is 5.11 Å². The van der Waals surface area contributed by atoms with Crippen LogP contribution in [0.2, 0.25) is 0 Å². The van der Waals surface area contributed by atoms with Crippen LogP contribution in [-0.4, -0.2) is 43.9 Å². The number of imide groups is 1. The lowest BCUT2D eigenvalue weighted by atomic mass is 10.4. The summed E-state index contributed by atoms with van der Waals surface area (Å²) in [6.45, 7) is 1.33. The van der Waals surface area contributed by atoms with Crippen LogP contribution in [0.25, 0.3) is 0 Å². The summed E-state index contributed by atoms with van der Waals surface area (Å²) in [7, 11) is 0. The SMILES string of the molecule is CC(=O)[SH]=C(O)[C@H](CS)NN1C(=O)CCC1=O. The summed E-state index contributed by atoms with van der Waals surface area (Å²) in [5.74, 6) is -0.508. The van der Waals surface area contributed by atoms with Gasteiger partial charge >= 0.3 is 0 Å². The Hall–Kier alpha value is -0.700. The Morgan fingerprint density at radius 1 is 1.53 bits per heavy atom. The third kappa shape index (κ3) is 3.91. The van der Waals surface area contributed by atoms with Crippen molar-refractivity contribution < 1.29 is 19.5 Å². The molecule has 2 amide bonds. The molecule has 0 aromatic rings. The summed E-state index contributed by atoms with van der Waals surface area (Å²) < 4.78 is 0. The molecule has 1 aliphatic rings. The molecule has 2 N–H and O–H groups in total. The van der Waals surface area contributed by atoms with E-state index in [1.54, 1.807) is 0 Å². The lowest BCUT2D eigenvalue weighted by Crippen LogP contribution is -2.51. The van der Waals surface area contributed by atoms with E-state index in [4.69, 9.17) is 0 Å². The number of hydrazine groups is 1. The molecule has 1 aliphatic heterocycles. The average molecular weight is 278 g/mol. The topological polar surface area (TPSA) is 86.7 Å². The van der Waals surface area contributed by atoms with Crippen molar-refractivity contribution in [2.24, 2.45) is 0 Å². The fourth-order valence-electron chi connectivity index (χ4n) is 1.30. The molecular formula is C9H14N2O4S2. The fraction of sp³-hybridized carbons (Fsp3) is 0.556. The molecule has 1 rings (SSSR count). The average Bonchev–Trinajstić information content (AvgIpc) is 2.55. The van der Waals surface area contributed by atoms with E-state index < -0.39 is 6.04 Å². The van der Waals surface area contributed by atoms with Gasteiger partial charge in [0.05, 0.1) is 11.1 Å². The highest BCUT2D eigenvalue weighted by molar-refractivity contribution is 8.12. The largest absolute Gasteiger partial charge is 0.357 e. The second kappa shape index (κ2) is 6.29. The van der Waals surface area contributed by atoms with Crippen molar-refractivity contribution in [2.75, 3.05) is 5.75 Å². The molecule has 0 saturated carbocycles. The first-order valence-corrected chi connectivity index (χ1v) is 6.49. The van der Waals surface area contributed by atoms with E-state index in [1.807, 2.05) is 0 Å². The van der Waals surface area contributed by atoms with Gasteiger partial charge in [-0.2, -0.15) is 12.6 Å². The number of carbonyl (C=O) groups excluding carboxylic acids is 3. The monoisotopic (exact) mass is 278 g/mol. The van der Waals surface area contributed by atoms with E-state index in [9.17, 15) is 19.5 Å². The molecule has 0 radical (unpaired) electrons. The van der Waals surface area contributed by atoms with Crippen LogP contribution in [0.5, 0.6) is 0 Å². The minimum Gasteiger partial charge on any atom is -0.357 e. The standard InChI is InChI=1S/C9H14N2O4S2/c1-5(12)17-9(15)6(4-16)10-11-7(13)2-3-8(11)14/h6,10,15-17H,2-4H2,1H3/t6-/m0/s1. The molecule has 96 valence electrons. The van der Waals surface area contributed by atoms with Crippen molar-refractivity contribution in [2.45, 2.75) is 25.8 Å². The molecule has 1 atom stereocenters. The highest BCUT2D eigenvalue weighted by Gasteiger charge is 2.31. The first kappa shape index (κ1) is 14.4. The van der Waals surface area contributed by atoms with Crippen LogP contribution < -0.4 is 5.43 Å². The molecule has 0 aromatic heterocycles. The zero-order valence-corrected chi connectivity index (χ0v) is 11.0. The van der Waals surface area contributed by atoms with E-state index in [2.05, 4.69) is 18.1 Å². The minimum atomic E-state index is -0.699. The number of rotatable bonds is 4. The summed E-state index contributed by atoms with van der Waals surface area (Å²) in [6.07, 6.45) is 0.326. The second-order valence-corrected chi connectivity index (χ2v) is 5.15. The number of amides is 2. The number of hydrogen-bond acceptors (Lipinski definition) is 5. The van der Waals surface area contributed by atoms with E-state index in [-0.39, 0.29) is 51.9 Å². The second-order valence-electron chi connectivity index (χ2n) is 3.48. The van der Waals surface area contributed by atoms with Crippen molar-refractivity contribution in [3.63, 3.8) is 0 Å². The first-order valence-electron chi connectivity index (χ1n) is 4.96. The van der Waals surface area contributed by atoms with E-state index in [1.165, 1.54) is 6.92 Å². The lowest BCUT2D eigenvalue weighted by Gasteiger charge is -2.22. The maximum absolute atomic E-state index is 11.3. The molecule has 6 nitrogen and oxygen atoms in total. The summed E-state index contributed by atoms with van der Waals surface area (Å²) in [4.78, 5) is 33.5. The van der Waals surface area contributed by atoms with Crippen molar-refractivity contribution in [1.82, 2.24) is 10.4 Å². The summed E-state index contributed by atoms with van der Waals surface area (Å²) in [6, 6.07) is -0.699. The quantitative estimate of drug-likeness (QED) is 0.320. The third-order valence-corrected chi connectivity index (χ3v) is 3.32. The molecule has 8 heteroatoms. The Kier molecular flexibility index (Phi) is 5.31. The number of aliphatic hydroxyl groups excluding tert-OH is 1. The number of nitrogens with one attached hydrogen (secondary N) is 1. The highest BCUT2D eigenvalue weighted by Crippen LogP contribution is 2.10. The minimum absolute atomic E-state index is 0.137. The maximum atomic E-state index is 11.3. The zero-order chi connectivity index (χ0) is 13.0. The Bertz CT molecular complexity index is 367. The van der Waals surface area contributed by atoms with Crippen LogP contribution in [0, 0.1) is 0 Å². The molecule has 0 bridgehead atoms. The van der Waals surface area contributed by atoms with Gasteiger partial charge in [0.2, 0.25) is 11.8 Å². The van der Waals surface area contributed by atoms with Crippen molar-refractivity contribution in [3.05, 3.63) is 0 Å². The molecule has 0 spiro atoms.